The van der Waals surface area contributed by atoms with Crippen LogP contribution in [0.1, 0.15) is 23.2 Å². The second-order valence-electron chi connectivity index (χ2n) is 3.31. The highest BCUT2D eigenvalue weighted by molar-refractivity contribution is 5.75. The van der Waals surface area contributed by atoms with Crippen LogP contribution in [-0.4, -0.2) is 23.0 Å². The van der Waals surface area contributed by atoms with Gasteiger partial charge in [0.2, 0.25) is 0 Å². The van der Waals surface area contributed by atoms with Crippen molar-refractivity contribution < 1.29 is 23.2 Å². The summed E-state index contributed by atoms with van der Waals surface area (Å²) in [6, 6.07) is 1.47. The maximum absolute atomic E-state index is 12.7. The number of alkyl halides is 2. The molecule has 0 saturated heterocycles. The van der Waals surface area contributed by atoms with E-state index in [1.54, 1.807) is 0 Å². The van der Waals surface area contributed by atoms with Gasteiger partial charge in [-0.25, -0.2) is 8.78 Å². The maximum atomic E-state index is 12.7. The minimum Gasteiger partial charge on any atom is -0.469 e. The number of rotatable bonds is 4. The molecular weight excluding hydrogens is 264 g/mol. The number of methoxy groups -OCH3 is 1. The summed E-state index contributed by atoms with van der Waals surface area (Å²) in [5, 5.41) is 19.6. The number of carbonyl (C=O) groups excluding carboxylic acids is 1. The minimum absolute atomic E-state index is 0.492. The summed E-state index contributed by atoms with van der Waals surface area (Å²) < 4.78 is 29.8. The molecule has 0 bridgehead atoms. The Hall–Kier alpha value is -2.63. The number of hydrogen-bond donors (Lipinski definition) is 0. The van der Waals surface area contributed by atoms with Gasteiger partial charge < -0.3 is 4.74 Å². The molecule has 0 aliphatic heterocycles. The van der Waals surface area contributed by atoms with E-state index in [9.17, 15) is 23.7 Å². The summed E-state index contributed by atoms with van der Waals surface area (Å²) >= 11 is 0. The van der Waals surface area contributed by atoms with Gasteiger partial charge >= 0.3 is 5.97 Å². The molecule has 0 saturated carbocycles. The van der Waals surface area contributed by atoms with Gasteiger partial charge in [0, 0.05) is 0 Å². The maximum Gasteiger partial charge on any atom is 0.310 e. The number of nitrogens with zero attached hydrogens (tertiary/aromatic N) is 3. The zero-order valence-electron chi connectivity index (χ0n) is 9.59. The molecule has 0 atom stereocenters. The van der Waals surface area contributed by atoms with Crippen molar-refractivity contribution >= 4 is 11.7 Å². The highest BCUT2D eigenvalue weighted by atomic mass is 19.3. The van der Waals surface area contributed by atoms with Gasteiger partial charge in [-0.15, -0.1) is 0 Å². The third-order valence-corrected chi connectivity index (χ3v) is 2.24. The van der Waals surface area contributed by atoms with E-state index < -0.39 is 46.2 Å². The fourth-order valence-electron chi connectivity index (χ4n) is 1.43. The molecule has 0 aliphatic rings. The number of halogens is 2. The van der Waals surface area contributed by atoms with Crippen LogP contribution in [0, 0.1) is 21.4 Å². The molecule has 0 spiro atoms. The van der Waals surface area contributed by atoms with Crippen LogP contribution in [0.4, 0.5) is 14.5 Å². The fourth-order valence-corrected chi connectivity index (χ4v) is 1.43. The van der Waals surface area contributed by atoms with Crippen LogP contribution in [0.15, 0.2) is 6.20 Å². The Morgan fingerprint density at radius 2 is 2.32 bits per heavy atom. The van der Waals surface area contributed by atoms with Crippen molar-refractivity contribution in [1.29, 1.82) is 5.26 Å². The van der Waals surface area contributed by atoms with Crippen molar-refractivity contribution in [3.8, 4) is 6.07 Å². The molecule has 0 aromatic carbocycles. The molecule has 1 aromatic rings. The van der Waals surface area contributed by atoms with E-state index in [0.717, 1.165) is 7.11 Å². The van der Waals surface area contributed by atoms with Crippen LogP contribution < -0.4 is 0 Å². The third kappa shape index (κ3) is 2.98. The minimum atomic E-state index is -3.11. The predicted molar refractivity (Wildman–Crippen MR) is 56.3 cm³/mol. The number of aromatic nitrogens is 1. The molecule has 1 aromatic heterocycles. The number of pyridine rings is 1. The predicted octanol–water partition coefficient (Wildman–Crippen LogP) is 1.51. The van der Waals surface area contributed by atoms with E-state index in [1.807, 2.05) is 0 Å². The van der Waals surface area contributed by atoms with Gasteiger partial charge in [-0.3, -0.25) is 19.9 Å². The molecule has 0 amide bonds. The van der Waals surface area contributed by atoms with Crippen molar-refractivity contribution in [3.63, 3.8) is 0 Å². The van der Waals surface area contributed by atoms with Crippen LogP contribution in [0.5, 0.6) is 0 Å². The second kappa shape index (κ2) is 5.81. The molecule has 19 heavy (non-hydrogen) atoms. The van der Waals surface area contributed by atoms with Crippen LogP contribution >= 0.6 is 0 Å². The number of hydrogen-bond acceptors (Lipinski definition) is 6. The van der Waals surface area contributed by atoms with Crippen LogP contribution in [0.2, 0.25) is 0 Å². The molecule has 0 N–H and O–H groups in total. The molecule has 1 rings (SSSR count). The van der Waals surface area contributed by atoms with Gasteiger partial charge in [-0.2, -0.15) is 5.26 Å². The monoisotopic (exact) mass is 271 g/mol. The van der Waals surface area contributed by atoms with E-state index in [1.165, 1.54) is 6.07 Å². The normalized spacial score (nSPS) is 10.1. The van der Waals surface area contributed by atoms with Crippen molar-refractivity contribution in [1.82, 2.24) is 4.98 Å². The summed E-state index contributed by atoms with van der Waals surface area (Å²) in [6.07, 6.45) is -3.18. The molecule has 100 valence electrons. The number of esters is 1. The Bertz CT molecular complexity index is 569. The molecule has 9 heteroatoms. The highest BCUT2D eigenvalue weighted by Gasteiger charge is 2.29. The van der Waals surface area contributed by atoms with E-state index in [0.29, 0.717) is 6.20 Å². The molecule has 7 nitrogen and oxygen atoms in total. The Morgan fingerprint density at radius 3 is 2.74 bits per heavy atom. The molecule has 0 radical (unpaired) electrons. The zero-order chi connectivity index (χ0) is 14.6. The smallest absolute Gasteiger partial charge is 0.310 e. The number of nitro groups is 1. The number of nitriles is 1. The average molecular weight is 271 g/mol. The summed E-state index contributed by atoms with van der Waals surface area (Å²) in [4.78, 5) is 24.3. The molecule has 1 heterocycles. The van der Waals surface area contributed by atoms with Gasteiger partial charge in [0.05, 0.1) is 30.2 Å². The van der Waals surface area contributed by atoms with Crippen molar-refractivity contribution in [2.45, 2.75) is 12.8 Å². The largest absolute Gasteiger partial charge is 0.469 e. The number of carbonyl (C=O) groups is 1. The van der Waals surface area contributed by atoms with Crippen molar-refractivity contribution in [3.05, 3.63) is 33.1 Å². The summed E-state index contributed by atoms with van der Waals surface area (Å²) in [5.74, 6) is -0.943. The van der Waals surface area contributed by atoms with Crippen molar-refractivity contribution in [2.75, 3.05) is 7.11 Å². The Balaban J connectivity index is 3.54. The third-order valence-electron chi connectivity index (χ3n) is 2.24. The van der Waals surface area contributed by atoms with Crippen LogP contribution in [0.25, 0.3) is 0 Å². The van der Waals surface area contributed by atoms with Crippen LogP contribution in [0.3, 0.4) is 0 Å². The number of ether oxygens (including phenoxy) is 1. The van der Waals surface area contributed by atoms with E-state index in [4.69, 9.17) is 5.26 Å². The summed E-state index contributed by atoms with van der Waals surface area (Å²) in [5.41, 5.74) is -2.85. The topological polar surface area (TPSA) is 106 Å². The molecule has 0 aliphatic carbocycles. The summed E-state index contributed by atoms with van der Waals surface area (Å²) in [7, 11) is 1.01. The first-order valence-electron chi connectivity index (χ1n) is 4.83. The van der Waals surface area contributed by atoms with Gasteiger partial charge in [0.1, 0.15) is 17.3 Å². The molecular formula is C10H7F2N3O4. The van der Waals surface area contributed by atoms with Crippen molar-refractivity contribution in [2.24, 2.45) is 0 Å². The van der Waals surface area contributed by atoms with Gasteiger partial charge in [-0.05, 0) is 0 Å². The highest BCUT2D eigenvalue weighted by Crippen LogP contribution is 2.31. The van der Waals surface area contributed by atoms with Gasteiger partial charge in [0.25, 0.3) is 12.1 Å². The lowest BCUT2D eigenvalue weighted by Crippen LogP contribution is -2.12. The lowest BCUT2D eigenvalue weighted by molar-refractivity contribution is -0.386. The van der Waals surface area contributed by atoms with Crippen LogP contribution in [-0.2, 0) is 16.0 Å². The van der Waals surface area contributed by atoms with E-state index in [-0.39, 0.29) is 0 Å². The van der Waals surface area contributed by atoms with Gasteiger partial charge in [0.15, 0.2) is 0 Å². The lowest BCUT2D eigenvalue weighted by Gasteiger charge is -2.08. The Morgan fingerprint density at radius 1 is 1.68 bits per heavy atom. The zero-order valence-corrected chi connectivity index (χ0v) is 9.59. The van der Waals surface area contributed by atoms with Gasteiger partial charge in [-0.1, -0.05) is 0 Å². The first-order valence-corrected chi connectivity index (χ1v) is 4.83. The lowest BCUT2D eigenvalue weighted by atomic mass is 10.0. The standard InChI is InChI=1S/C10H7F2N3O4/c1-19-7(16)2-6-8(10(11)12)14-4-5(3-13)9(6)15(17)18/h4,10H,2H2,1H3. The summed E-state index contributed by atoms with van der Waals surface area (Å²) in [6.45, 7) is 0. The molecule has 0 fully saturated rings. The Kier molecular flexibility index (Phi) is 4.41. The first kappa shape index (κ1) is 14.4. The molecule has 0 unspecified atom stereocenters. The second-order valence-corrected chi connectivity index (χ2v) is 3.31. The first-order chi connectivity index (χ1) is 8.92. The van der Waals surface area contributed by atoms with E-state index >= 15 is 0 Å². The fraction of sp³-hybridized carbons (Fsp3) is 0.300. The SMILES string of the molecule is COC(=O)Cc1c(C(F)F)ncc(C#N)c1[N+](=O)[O-]. The quantitative estimate of drug-likeness (QED) is 0.466. The van der Waals surface area contributed by atoms with E-state index in [2.05, 4.69) is 9.72 Å². The average Bonchev–Trinajstić information content (AvgIpc) is 2.36. The Labute approximate surface area is 105 Å².